The summed E-state index contributed by atoms with van der Waals surface area (Å²) in [6, 6.07) is 7.70. The maximum Gasteiger partial charge on any atom is 0.222 e. The van der Waals surface area contributed by atoms with Crippen LogP contribution in [0.25, 0.3) is 20.9 Å². The lowest BCUT2D eigenvalue weighted by atomic mass is 10.2. The number of ether oxygens (including phenoxy) is 1. The molecule has 0 aliphatic carbocycles. The molecule has 0 amide bonds. The van der Waals surface area contributed by atoms with Crippen molar-refractivity contribution >= 4 is 40.3 Å². The van der Waals surface area contributed by atoms with E-state index >= 15 is 0 Å². The average Bonchev–Trinajstić information content (AvgIpc) is 2.83. The Bertz CT molecular complexity index is 757. The highest BCUT2D eigenvalue weighted by Crippen LogP contribution is 2.32. The van der Waals surface area contributed by atoms with Crippen molar-refractivity contribution in [1.29, 1.82) is 0 Å². The molecule has 2 heterocycles. The van der Waals surface area contributed by atoms with E-state index in [0.717, 1.165) is 21.2 Å². The molecule has 3 rings (SSSR count). The molecule has 0 spiro atoms. The number of anilines is 1. The maximum atomic E-state index is 5.61. The van der Waals surface area contributed by atoms with Gasteiger partial charge in [0.1, 0.15) is 21.3 Å². The van der Waals surface area contributed by atoms with E-state index in [-0.39, 0.29) is 5.95 Å². The largest absolute Gasteiger partial charge is 0.497 e. The number of hydrogen-bond donors (Lipinski definition) is 2. The summed E-state index contributed by atoms with van der Waals surface area (Å²) in [6.07, 6.45) is 0. The lowest BCUT2D eigenvalue weighted by Gasteiger charge is -2.00. The predicted molar refractivity (Wildman–Crippen MR) is 78.9 cm³/mol. The van der Waals surface area contributed by atoms with Gasteiger partial charge in [0, 0.05) is 5.56 Å². The van der Waals surface area contributed by atoms with Crippen molar-refractivity contribution in [1.82, 2.24) is 15.0 Å². The highest BCUT2D eigenvalue weighted by atomic mass is 32.1. The first-order valence-corrected chi connectivity index (χ1v) is 6.71. The van der Waals surface area contributed by atoms with Crippen molar-refractivity contribution in [2.24, 2.45) is 0 Å². The van der Waals surface area contributed by atoms with Gasteiger partial charge in [0.2, 0.25) is 5.95 Å². The van der Waals surface area contributed by atoms with E-state index in [1.165, 1.54) is 11.3 Å². The van der Waals surface area contributed by atoms with Gasteiger partial charge in [-0.15, -0.1) is 12.6 Å². The van der Waals surface area contributed by atoms with Crippen LogP contribution in [0.2, 0.25) is 0 Å². The molecule has 0 radical (unpaired) electrons. The van der Waals surface area contributed by atoms with Gasteiger partial charge >= 0.3 is 0 Å². The number of nitrogens with two attached hydrogens (primary N) is 1. The van der Waals surface area contributed by atoms with Gasteiger partial charge in [-0.1, -0.05) is 23.5 Å². The van der Waals surface area contributed by atoms with Crippen LogP contribution in [0.4, 0.5) is 5.95 Å². The summed E-state index contributed by atoms with van der Waals surface area (Å²) in [5.74, 6) is 0.992. The Morgan fingerprint density at radius 2 is 2.11 bits per heavy atom. The highest BCUT2D eigenvalue weighted by molar-refractivity contribution is 7.80. The number of hydrogen-bond acceptors (Lipinski definition) is 7. The van der Waals surface area contributed by atoms with Crippen molar-refractivity contribution in [3.63, 3.8) is 0 Å². The number of thiol groups is 1. The summed E-state index contributed by atoms with van der Waals surface area (Å²) in [4.78, 5) is 13.4. The van der Waals surface area contributed by atoms with Gasteiger partial charge in [-0.2, -0.15) is 0 Å². The Hall–Kier alpha value is -1.86. The SMILES string of the molecule is COc1cccc(-c2nc3c(S)nc(N)nc3s2)c1. The molecule has 7 heteroatoms. The number of thiazole rings is 1. The van der Waals surface area contributed by atoms with Crippen LogP contribution in [0.3, 0.4) is 0 Å². The van der Waals surface area contributed by atoms with E-state index in [0.29, 0.717) is 10.5 Å². The Morgan fingerprint density at radius 1 is 1.26 bits per heavy atom. The second-order valence-corrected chi connectivity index (χ2v) is 5.21. The smallest absolute Gasteiger partial charge is 0.222 e. The van der Waals surface area contributed by atoms with Gasteiger partial charge in [0.05, 0.1) is 7.11 Å². The molecule has 0 aliphatic heterocycles. The van der Waals surface area contributed by atoms with E-state index in [9.17, 15) is 0 Å². The van der Waals surface area contributed by atoms with Gasteiger partial charge in [0.15, 0.2) is 4.83 Å². The third-order valence-electron chi connectivity index (χ3n) is 2.57. The van der Waals surface area contributed by atoms with Crippen LogP contribution < -0.4 is 10.5 Å². The minimum absolute atomic E-state index is 0.207. The van der Waals surface area contributed by atoms with Gasteiger partial charge in [0.25, 0.3) is 0 Å². The number of benzene rings is 1. The quantitative estimate of drug-likeness (QED) is 0.560. The van der Waals surface area contributed by atoms with E-state index in [2.05, 4.69) is 27.6 Å². The third kappa shape index (κ3) is 2.22. The molecule has 5 nitrogen and oxygen atoms in total. The van der Waals surface area contributed by atoms with Crippen LogP contribution in [-0.2, 0) is 0 Å². The summed E-state index contributed by atoms with van der Waals surface area (Å²) in [7, 11) is 1.63. The first-order chi connectivity index (χ1) is 9.17. The molecule has 0 bridgehead atoms. The monoisotopic (exact) mass is 290 g/mol. The normalized spacial score (nSPS) is 10.8. The lowest BCUT2D eigenvalue weighted by molar-refractivity contribution is 0.415. The van der Waals surface area contributed by atoms with E-state index in [1.54, 1.807) is 7.11 Å². The predicted octanol–water partition coefficient (Wildman–Crippen LogP) is 2.63. The van der Waals surface area contributed by atoms with Crippen molar-refractivity contribution in [3.8, 4) is 16.3 Å². The summed E-state index contributed by atoms with van der Waals surface area (Å²) in [5.41, 5.74) is 7.24. The molecule has 0 saturated carbocycles. The number of nitrogens with zero attached hydrogens (tertiary/aromatic N) is 3. The van der Waals surface area contributed by atoms with Crippen LogP contribution >= 0.6 is 24.0 Å². The Labute approximate surface area is 118 Å². The molecular formula is C12H10N4OS2. The summed E-state index contributed by atoms with van der Waals surface area (Å²) < 4.78 is 5.21. The van der Waals surface area contributed by atoms with Crippen LogP contribution in [0, 0.1) is 0 Å². The zero-order valence-electron chi connectivity index (χ0n) is 9.99. The minimum Gasteiger partial charge on any atom is -0.497 e. The maximum absolute atomic E-state index is 5.61. The van der Waals surface area contributed by atoms with E-state index < -0.39 is 0 Å². The number of rotatable bonds is 2. The number of nitrogen functional groups attached to an aromatic ring is 1. The molecule has 19 heavy (non-hydrogen) atoms. The van der Waals surface area contributed by atoms with Gasteiger partial charge in [-0.05, 0) is 12.1 Å². The van der Waals surface area contributed by atoms with Crippen molar-refractivity contribution in [3.05, 3.63) is 24.3 Å². The fourth-order valence-corrected chi connectivity index (χ4v) is 2.98. The summed E-state index contributed by atoms with van der Waals surface area (Å²) >= 11 is 5.72. The molecular weight excluding hydrogens is 280 g/mol. The first kappa shape index (κ1) is 12.2. The average molecular weight is 290 g/mol. The van der Waals surface area contributed by atoms with E-state index in [1.807, 2.05) is 24.3 Å². The molecule has 0 saturated heterocycles. The first-order valence-electron chi connectivity index (χ1n) is 5.45. The zero-order valence-corrected chi connectivity index (χ0v) is 11.7. The van der Waals surface area contributed by atoms with Crippen LogP contribution in [0.15, 0.2) is 29.3 Å². The van der Waals surface area contributed by atoms with Crippen molar-refractivity contribution < 1.29 is 4.74 Å². The molecule has 0 aliphatic rings. The fraction of sp³-hybridized carbons (Fsp3) is 0.0833. The minimum atomic E-state index is 0.207. The van der Waals surface area contributed by atoms with Crippen molar-refractivity contribution in [2.45, 2.75) is 5.03 Å². The standard InChI is InChI=1S/C12H10N4OS2/c1-17-7-4-2-3-6(5-7)10-14-8-9(18)15-12(13)16-11(8)19-10/h2-5H,1H3,(H3,13,15,16,18). The van der Waals surface area contributed by atoms with Crippen LogP contribution in [0.1, 0.15) is 0 Å². The fourth-order valence-electron chi connectivity index (χ4n) is 1.70. The topological polar surface area (TPSA) is 73.9 Å². The third-order valence-corrected chi connectivity index (χ3v) is 3.88. The molecule has 1 aromatic carbocycles. The summed E-state index contributed by atoms with van der Waals surface area (Å²) in [6.45, 7) is 0. The Balaban J connectivity index is 2.17. The molecule has 3 aromatic rings. The summed E-state index contributed by atoms with van der Waals surface area (Å²) in [5, 5.41) is 1.33. The van der Waals surface area contributed by atoms with E-state index in [4.69, 9.17) is 10.5 Å². The number of methoxy groups -OCH3 is 1. The molecule has 0 atom stereocenters. The van der Waals surface area contributed by atoms with Crippen LogP contribution in [-0.4, -0.2) is 22.1 Å². The molecule has 96 valence electrons. The molecule has 2 aromatic heterocycles. The Kier molecular flexibility index (Phi) is 3.00. The number of aromatic nitrogens is 3. The van der Waals surface area contributed by atoms with Crippen LogP contribution in [0.5, 0.6) is 5.75 Å². The molecule has 2 N–H and O–H groups in total. The molecule has 0 fully saturated rings. The number of fused-ring (bicyclic) bond motifs is 1. The second-order valence-electron chi connectivity index (χ2n) is 3.81. The second kappa shape index (κ2) is 4.67. The molecule has 0 unspecified atom stereocenters. The zero-order chi connectivity index (χ0) is 13.4. The van der Waals surface area contributed by atoms with Gasteiger partial charge in [-0.25, -0.2) is 15.0 Å². The van der Waals surface area contributed by atoms with Gasteiger partial charge in [-0.3, -0.25) is 0 Å². The van der Waals surface area contributed by atoms with Gasteiger partial charge < -0.3 is 10.5 Å². The highest BCUT2D eigenvalue weighted by Gasteiger charge is 2.12. The lowest BCUT2D eigenvalue weighted by Crippen LogP contribution is -1.94. The van der Waals surface area contributed by atoms with Crippen molar-refractivity contribution in [2.75, 3.05) is 12.8 Å². The Morgan fingerprint density at radius 3 is 2.89 bits per heavy atom.